The molecule has 1 aromatic heterocycles. The molecular weight excluding hydrogens is 320 g/mol. The maximum atomic E-state index is 12.5. The van der Waals surface area contributed by atoms with Gasteiger partial charge in [-0.25, -0.2) is 0 Å². The maximum Gasteiger partial charge on any atom is 0.222 e. The van der Waals surface area contributed by atoms with Crippen LogP contribution >= 0.6 is 11.3 Å². The van der Waals surface area contributed by atoms with Gasteiger partial charge in [-0.05, 0) is 38.0 Å². The average molecular weight is 344 g/mol. The maximum absolute atomic E-state index is 12.5. The van der Waals surface area contributed by atoms with E-state index in [4.69, 9.17) is 0 Å². The summed E-state index contributed by atoms with van der Waals surface area (Å²) < 4.78 is 0. The summed E-state index contributed by atoms with van der Waals surface area (Å²) in [6, 6.07) is 11.3. The van der Waals surface area contributed by atoms with E-state index in [9.17, 15) is 9.59 Å². The SMILES string of the molecule is CC(=O)NC(CC(=O)NC(C)c1cc(C)sc1C)c1ccccc1. The van der Waals surface area contributed by atoms with Gasteiger partial charge >= 0.3 is 0 Å². The largest absolute Gasteiger partial charge is 0.349 e. The van der Waals surface area contributed by atoms with Crippen LogP contribution in [0, 0.1) is 13.8 Å². The van der Waals surface area contributed by atoms with Gasteiger partial charge in [-0.1, -0.05) is 30.3 Å². The first-order chi connectivity index (χ1) is 11.4. The van der Waals surface area contributed by atoms with E-state index in [0.717, 1.165) is 11.1 Å². The van der Waals surface area contributed by atoms with Gasteiger partial charge in [-0.15, -0.1) is 11.3 Å². The molecule has 1 aromatic carbocycles. The molecule has 2 N–H and O–H groups in total. The molecule has 0 saturated carbocycles. The van der Waals surface area contributed by atoms with Crippen molar-refractivity contribution in [2.45, 2.75) is 46.2 Å². The van der Waals surface area contributed by atoms with Gasteiger partial charge in [0.1, 0.15) is 0 Å². The van der Waals surface area contributed by atoms with Crippen molar-refractivity contribution in [1.82, 2.24) is 10.6 Å². The number of benzene rings is 1. The predicted octanol–water partition coefficient (Wildman–Crippen LogP) is 3.81. The summed E-state index contributed by atoms with van der Waals surface area (Å²) in [5.41, 5.74) is 2.08. The highest BCUT2D eigenvalue weighted by atomic mass is 32.1. The molecule has 0 aliphatic carbocycles. The molecule has 2 rings (SSSR count). The first kappa shape index (κ1) is 18.2. The molecule has 0 radical (unpaired) electrons. The molecule has 2 aromatic rings. The van der Waals surface area contributed by atoms with Crippen LogP contribution in [0.5, 0.6) is 0 Å². The fraction of sp³-hybridized carbons (Fsp3) is 0.368. The molecular formula is C19H24N2O2S. The van der Waals surface area contributed by atoms with E-state index in [1.165, 1.54) is 16.7 Å². The van der Waals surface area contributed by atoms with Gasteiger partial charge in [0.2, 0.25) is 11.8 Å². The van der Waals surface area contributed by atoms with Crippen molar-refractivity contribution in [2.24, 2.45) is 0 Å². The van der Waals surface area contributed by atoms with Crippen LogP contribution in [0.25, 0.3) is 0 Å². The van der Waals surface area contributed by atoms with Gasteiger partial charge < -0.3 is 10.6 Å². The number of carbonyl (C=O) groups is 2. The second-order valence-corrected chi connectivity index (χ2v) is 7.49. The smallest absolute Gasteiger partial charge is 0.222 e. The zero-order chi connectivity index (χ0) is 17.7. The molecule has 2 atom stereocenters. The van der Waals surface area contributed by atoms with Gasteiger partial charge in [0.15, 0.2) is 0 Å². The van der Waals surface area contributed by atoms with Gasteiger partial charge in [-0.3, -0.25) is 9.59 Å². The van der Waals surface area contributed by atoms with Crippen LogP contribution in [0.4, 0.5) is 0 Å². The molecule has 0 aliphatic rings. The standard InChI is InChI=1S/C19H24N2O2S/c1-12-10-17(14(3)24-12)13(2)20-19(23)11-18(21-15(4)22)16-8-6-5-7-9-16/h5-10,13,18H,11H2,1-4H3,(H,20,23)(H,21,22). The van der Waals surface area contributed by atoms with Crippen LogP contribution in [0.2, 0.25) is 0 Å². The van der Waals surface area contributed by atoms with Crippen molar-refractivity contribution in [1.29, 1.82) is 0 Å². The van der Waals surface area contributed by atoms with Crippen LogP contribution in [-0.4, -0.2) is 11.8 Å². The molecule has 1 heterocycles. The number of rotatable bonds is 6. The summed E-state index contributed by atoms with van der Waals surface area (Å²) in [7, 11) is 0. The zero-order valence-corrected chi connectivity index (χ0v) is 15.4. The Bertz CT molecular complexity index is 709. The number of hydrogen-bond donors (Lipinski definition) is 2. The average Bonchev–Trinajstić information content (AvgIpc) is 2.85. The summed E-state index contributed by atoms with van der Waals surface area (Å²) >= 11 is 1.74. The Morgan fingerprint density at radius 1 is 1.12 bits per heavy atom. The minimum Gasteiger partial charge on any atom is -0.349 e. The number of nitrogens with one attached hydrogen (secondary N) is 2. The molecule has 0 spiro atoms. The second-order valence-electron chi connectivity index (χ2n) is 6.03. The minimum atomic E-state index is -0.318. The van der Waals surface area contributed by atoms with Gasteiger partial charge in [0, 0.05) is 16.7 Å². The lowest BCUT2D eigenvalue weighted by molar-refractivity contribution is -0.123. The fourth-order valence-corrected chi connectivity index (χ4v) is 3.85. The molecule has 128 valence electrons. The lowest BCUT2D eigenvalue weighted by Crippen LogP contribution is -2.33. The van der Waals surface area contributed by atoms with Crippen LogP contribution in [0.3, 0.4) is 0 Å². The molecule has 0 saturated heterocycles. The number of thiophene rings is 1. The highest BCUT2D eigenvalue weighted by Crippen LogP contribution is 2.26. The van der Waals surface area contributed by atoms with E-state index in [2.05, 4.69) is 30.5 Å². The summed E-state index contributed by atoms with van der Waals surface area (Å²) in [4.78, 5) is 26.4. The van der Waals surface area contributed by atoms with Crippen molar-refractivity contribution in [2.75, 3.05) is 0 Å². The minimum absolute atomic E-state index is 0.0452. The Kier molecular flexibility index (Phi) is 6.15. The van der Waals surface area contributed by atoms with Crippen molar-refractivity contribution < 1.29 is 9.59 Å². The van der Waals surface area contributed by atoms with E-state index in [1.807, 2.05) is 37.3 Å². The van der Waals surface area contributed by atoms with Crippen LogP contribution in [0.1, 0.15) is 53.2 Å². The number of aryl methyl sites for hydroxylation is 2. The second kappa shape index (κ2) is 8.11. The predicted molar refractivity (Wildman–Crippen MR) is 98.0 cm³/mol. The molecule has 24 heavy (non-hydrogen) atoms. The lowest BCUT2D eigenvalue weighted by atomic mass is 10.0. The van der Waals surface area contributed by atoms with Crippen molar-refractivity contribution in [3.63, 3.8) is 0 Å². The summed E-state index contributed by atoms with van der Waals surface area (Å²) in [5, 5.41) is 5.90. The summed E-state index contributed by atoms with van der Waals surface area (Å²) in [6.07, 6.45) is 0.218. The first-order valence-electron chi connectivity index (χ1n) is 8.05. The molecule has 0 fully saturated rings. The van der Waals surface area contributed by atoms with Gasteiger partial charge in [0.05, 0.1) is 18.5 Å². The highest BCUT2D eigenvalue weighted by Gasteiger charge is 2.19. The Morgan fingerprint density at radius 2 is 1.79 bits per heavy atom. The number of carbonyl (C=O) groups excluding carboxylic acids is 2. The molecule has 2 amide bonds. The first-order valence-corrected chi connectivity index (χ1v) is 8.86. The van der Waals surface area contributed by atoms with Gasteiger partial charge in [-0.2, -0.15) is 0 Å². The summed E-state index contributed by atoms with van der Waals surface area (Å²) in [6.45, 7) is 7.59. The fourth-order valence-electron chi connectivity index (χ4n) is 2.83. The van der Waals surface area contributed by atoms with E-state index in [1.54, 1.807) is 11.3 Å². The van der Waals surface area contributed by atoms with Gasteiger partial charge in [0.25, 0.3) is 0 Å². The molecule has 2 unspecified atom stereocenters. The Balaban J connectivity index is 2.05. The molecule has 5 heteroatoms. The highest BCUT2D eigenvalue weighted by molar-refractivity contribution is 7.12. The van der Waals surface area contributed by atoms with Crippen LogP contribution in [0.15, 0.2) is 36.4 Å². The Labute approximate surface area is 147 Å². The quantitative estimate of drug-likeness (QED) is 0.837. The third kappa shape index (κ3) is 4.93. The number of hydrogen-bond acceptors (Lipinski definition) is 3. The Hall–Kier alpha value is -2.14. The van der Waals surface area contributed by atoms with E-state index < -0.39 is 0 Å². The van der Waals surface area contributed by atoms with Crippen LogP contribution in [-0.2, 0) is 9.59 Å². The normalized spacial score (nSPS) is 13.2. The lowest BCUT2D eigenvalue weighted by Gasteiger charge is -2.20. The number of amides is 2. The van der Waals surface area contributed by atoms with E-state index in [0.29, 0.717) is 0 Å². The van der Waals surface area contributed by atoms with Crippen molar-refractivity contribution in [3.05, 3.63) is 57.3 Å². The topological polar surface area (TPSA) is 58.2 Å². The summed E-state index contributed by atoms with van der Waals surface area (Å²) in [5.74, 6) is -0.220. The Morgan fingerprint density at radius 3 is 2.33 bits per heavy atom. The molecule has 0 aliphatic heterocycles. The molecule has 4 nitrogen and oxygen atoms in total. The zero-order valence-electron chi connectivity index (χ0n) is 14.6. The third-order valence-electron chi connectivity index (χ3n) is 3.89. The third-order valence-corrected chi connectivity index (χ3v) is 4.87. The van der Waals surface area contributed by atoms with Crippen molar-refractivity contribution in [3.8, 4) is 0 Å². The van der Waals surface area contributed by atoms with Crippen LogP contribution < -0.4 is 10.6 Å². The van der Waals surface area contributed by atoms with E-state index in [-0.39, 0.29) is 30.3 Å². The monoisotopic (exact) mass is 344 g/mol. The molecule has 0 bridgehead atoms. The van der Waals surface area contributed by atoms with E-state index >= 15 is 0 Å². The van der Waals surface area contributed by atoms with Crippen molar-refractivity contribution >= 4 is 23.2 Å².